The molecule has 1 aromatic carbocycles. The summed E-state index contributed by atoms with van der Waals surface area (Å²) in [6.45, 7) is 13.1. The van der Waals surface area contributed by atoms with Crippen LogP contribution in [0, 0.1) is 12.3 Å². The number of rotatable bonds is 11. The van der Waals surface area contributed by atoms with Gasteiger partial charge in [0.2, 0.25) is 11.5 Å². The van der Waals surface area contributed by atoms with Crippen molar-refractivity contribution in [3.63, 3.8) is 0 Å². The Labute approximate surface area is 218 Å². The van der Waals surface area contributed by atoms with Crippen LogP contribution in [0.5, 0.6) is 11.6 Å². The van der Waals surface area contributed by atoms with Crippen molar-refractivity contribution in [3.8, 4) is 11.6 Å². The lowest BCUT2D eigenvalue weighted by Gasteiger charge is -2.21. The Morgan fingerprint density at radius 1 is 1.08 bits per heavy atom. The smallest absolute Gasteiger partial charge is 0.242 e. The van der Waals surface area contributed by atoms with Crippen LogP contribution in [0.15, 0.2) is 24.3 Å². The summed E-state index contributed by atoms with van der Waals surface area (Å²) in [6.07, 6.45) is 1.79. The number of methoxy groups -OCH3 is 1. The summed E-state index contributed by atoms with van der Waals surface area (Å²) in [6, 6.07) is 7.40. The van der Waals surface area contributed by atoms with Crippen molar-refractivity contribution in [3.05, 3.63) is 46.6 Å². The molecule has 3 rings (SSSR count). The second kappa shape index (κ2) is 12.4. The molecule has 0 spiro atoms. The van der Waals surface area contributed by atoms with E-state index in [0.29, 0.717) is 36.1 Å². The molecule has 0 saturated heterocycles. The fourth-order valence-electron chi connectivity index (χ4n) is 3.63. The number of nitrogens with one attached hydrogen (secondary N) is 1. The number of hydrogen-bond acceptors (Lipinski definition) is 7. The lowest BCUT2D eigenvalue weighted by molar-refractivity contribution is 0.0964. The van der Waals surface area contributed by atoms with E-state index in [1.807, 2.05) is 25.1 Å². The largest absolute Gasteiger partial charge is 0.491 e. The molecule has 0 bridgehead atoms. The molecule has 3 aromatic rings. The van der Waals surface area contributed by atoms with Crippen molar-refractivity contribution in [2.75, 3.05) is 20.3 Å². The number of carbonyl (C=O) groups is 1. The maximum Gasteiger partial charge on any atom is 0.242 e. The van der Waals surface area contributed by atoms with Crippen LogP contribution in [0.4, 0.5) is 0 Å². The number of carbonyl (C=O) groups excluding carboxylic acids is 1. The second-order valence-electron chi connectivity index (χ2n) is 9.70. The Morgan fingerprint density at radius 3 is 2.39 bits per heavy atom. The molecule has 36 heavy (non-hydrogen) atoms. The number of ketones is 1. The Balaban J connectivity index is 0.00000456. The Morgan fingerprint density at radius 2 is 1.78 bits per heavy atom. The molecule has 198 valence electrons. The molecule has 0 atom stereocenters. The van der Waals surface area contributed by atoms with Gasteiger partial charge in [-0.3, -0.25) is 10.2 Å². The average Bonchev–Trinajstić information content (AvgIpc) is 3.10. The predicted molar refractivity (Wildman–Crippen MR) is 141 cm³/mol. The van der Waals surface area contributed by atoms with Crippen LogP contribution < -0.4 is 15.1 Å². The molecule has 2 heterocycles. The zero-order valence-corrected chi connectivity index (χ0v) is 23.1. The third-order valence-electron chi connectivity index (χ3n) is 5.89. The Hall–Kier alpha value is -2.91. The maximum absolute atomic E-state index is 13.3. The number of benzene rings is 1. The number of aryl methyl sites for hydroxylation is 1. The minimum Gasteiger partial charge on any atom is -0.491 e. The molecule has 10 heteroatoms. The quantitative estimate of drug-likeness (QED) is 0.295. The van der Waals surface area contributed by atoms with Crippen molar-refractivity contribution in [2.45, 2.75) is 72.4 Å². The molecule has 9 nitrogen and oxygen atoms in total. The van der Waals surface area contributed by atoms with Crippen molar-refractivity contribution in [1.82, 2.24) is 19.4 Å². The molecule has 0 aliphatic carbocycles. The van der Waals surface area contributed by atoms with Gasteiger partial charge in [0.05, 0.1) is 12.7 Å². The summed E-state index contributed by atoms with van der Waals surface area (Å²) in [7, 11) is 1.62. The Kier molecular flexibility index (Phi) is 10.1. The highest BCUT2D eigenvalue weighted by molar-refractivity contribution is 5.96. The first-order valence-corrected chi connectivity index (χ1v) is 12.1. The molecule has 0 radical (unpaired) electrons. The fraction of sp³-hybridized carbons (Fsp3) is 0.538. The first kappa shape index (κ1) is 29.3. The van der Waals surface area contributed by atoms with Gasteiger partial charge in [-0.2, -0.15) is 4.52 Å². The van der Waals surface area contributed by atoms with E-state index in [0.717, 1.165) is 24.0 Å². The van der Waals surface area contributed by atoms with Crippen LogP contribution >= 0.6 is 12.4 Å². The summed E-state index contributed by atoms with van der Waals surface area (Å²) < 4.78 is 19.7. The van der Waals surface area contributed by atoms with Crippen LogP contribution in [0.25, 0.3) is 5.65 Å². The zero-order valence-electron chi connectivity index (χ0n) is 22.3. The van der Waals surface area contributed by atoms with E-state index in [1.165, 1.54) is 9.20 Å². The van der Waals surface area contributed by atoms with Crippen molar-refractivity contribution < 1.29 is 19.0 Å². The van der Waals surface area contributed by atoms with Crippen molar-refractivity contribution >= 4 is 23.8 Å². The van der Waals surface area contributed by atoms with Gasteiger partial charge in [0.15, 0.2) is 11.4 Å². The number of halogens is 1. The third kappa shape index (κ3) is 6.85. The number of hydrogen-bond donors (Lipinski definition) is 1. The topological polar surface area (TPSA) is 104 Å². The van der Waals surface area contributed by atoms with Gasteiger partial charge in [0, 0.05) is 18.2 Å². The van der Waals surface area contributed by atoms with Crippen LogP contribution in [0.1, 0.15) is 68.9 Å². The average molecular weight is 520 g/mol. The van der Waals surface area contributed by atoms with Gasteiger partial charge in [-0.05, 0) is 55.0 Å². The summed E-state index contributed by atoms with van der Waals surface area (Å²) >= 11 is 0. The Bertz CT molecular complexity index is 1240. The lowest BCUT2D eigenvalue weighted by atomic mass is 9.85. The summed E-state index contributed by atoms with van der Waals surface area (Å²) in [4.78, 5) is 13.3. The normalized spacial score (nSPS) is 11.6. The predicted octanol–water partition coefficient (Wildman–Crippen LogP) is 4.51. The second-order valence-corrected chi connectivity index (χ2v) is 9.70. The van der Waals surface area contributed by atoms with E-state index < -0.39 is 0 Å². The first-order valence-electron chi connectivity index (χ1n) is 12.1. The summed E-state index contributed by atoms with van der Waals surface area (Å²) in [5.41, 5.74) is 2.66. The highest BCUT2D eigenvalue weighted by atomic mass is 35.5. The molecule has 0 fully saturated rings. The van der Waals surface area contributed by atoms with E-state index in [1.54, 1.807) is 13.2 Å². The lowest BCUT2D eigenvalue weighted by Crippen LogP contribution is -2.27. The van der Waals surface area contributed by atoms with Crippen LogP contribution in [-0.4, -0.2) is 51.6 Å². The van der Waals surface area contributed by atoms with Gasteiger partial charge < -0.3 is 14.2 Å². The van der Waals surface area contributed by atoms with Crippen LogP contribution in [0.3, 0.4) is 0 Å². The number of ether oxygens (including phenoxy) is 3. The fourth-order valence-corrected chi connectivity index (χ4v) is 3.63. The third-order valence-corrected chi connectivity index (χ3v) is 5.89. The highest BCUT2D eigenvalue weighted by Gasteiger charge is 2.20. The molecular formula is C26H38ClN5O4. The SMILES string of the molecule is CCC(CC)Oc1nn2c(=N)n(CC(=O)c3cc(OCCOC)cc(C(C)(C)C)c3)nc2cc1C.Cl. The summed E-state index contributed by atoms with van der Waals surface area (Å²) in [5, 5.41) is 17.5. The molecule has 0 amide bonds. The van der Waals surface area contributed by atoms with Gasteiger partial charge >= 0.3 is 0 Å². The maximum atomic E-state index is 13.3. The first-order chi connectivity index (χ1) is 16.6. The van der Waals surface area contributed by atoms with Gasteiger partial charge in [0.25, 0.3) is 0 Å². The van der Waals surface area contributed by atoms with Gasteiger partial charge in [-0.15, -0.1) is 22.6 Å². The van der Waals surface area contributed by atoms with Gasteiger partial charge in [0.1, 0.15) is 18.9 Å². The number of aromatic nitrogens is 4. The van der Waals surface area contributed by atoms with Crippen LogP contribution in [0.2, 0.25) is 0 Å². The van der Waals surface area contributed by atoms with E-state index in [4.69, 9.17) is 19.6 Å². The van der Waals surface area contributed by atoms with E-state index in [2.05, 4.69) is 44.8 Å². The monoisotopic (exact) mass is 519 g/mol. The molecule has 0 aliphatic rings. The van der Waals surface area contributed by atoms with Gasteiger partial charge in [-0.1, -0.05) is 34.6 Å². The van der Waals surface area contributed by atoms with Gasteiger partial charge in [-0.25, -0.2) is 4.68 Å². The molecule has 0 saturated carbocycles. The highest BCUT2D eigenvalue weighted by Crippen LogP contribution is 2.28. The minimum atomic E-state index is -0.168. The molecular weight excluding hydrogens is 482 g/mol. The zero-order chi connectivity index (χ0) is 25.8. The molecule has 2 aromatic heterocycles. The van der Waals surface area contributed by atoms with Crippen LogP contribution in [-0.2, 0) is 16.7 Å². The standard InChI is InChI=1S/C26H37N5O4.ClH/c1-8-20(9-2)35-24-17(3)12-23-28-30(25(27)31(23)29-24)16-22(32)18-13-19(26(4,5)6)15-21(14-18)34-11-10-33-7;/h12-15,20,27H,8-11,16H2,1-7H3;1H. The molecule has 0 unspecified atom stereocenters. The van der Waals surface area contributed by atoms with E-state index in [-0.39, 0.29) is 41.9 Å². The van der Waals surface area contributed by atoms with E-state index in [9.17, 15) is 4.79 Å². The van der Waals surface area contributed by atoms with E-state index >= 15 is 0 Å². The molecule has 1 N–H and O–H groups in total. The number of nitrogens with zero attached hydrogens (tertiary/aromatic N) is 4. The summed E-state index contributed by atoms with van der Waals surface area (Å²) in [5.74, 6) is 0.926. The van der Waals surface area contributed by atoms with Crippen molar-refractivity contribution in [2.24, 2.45) is 0 Å². The number of fused-ring (bicyclic) bond motifs is 1. The minimum absolute atomic E-state index is 0. The molecule has 0 aliphatic heterocycles. The number of Topliss-reactive ketones (excluding diaryl/α,β-unsaturated/α-hetero) is 1. The van der Waals surface area contributed by atoms with Crippen molar-refractivity contribution in [1.29, 1.82) is 5.41 Å².